The van der Waals surface area contributed by atoms with Gasteiger partial charge in [-0.3, -0.25) is 9.59 Å². The molecule has 4 rings (SSSR count). The van der Waals surface area contributed by atoms with Crippen molar-refractivity contribution in [1.82, 2.24) is 4.90 Å². The predicted molar refractivity (Wildman–Crippen MR) is 97.2 cm³/mol. The van der Waals surface area contributed by atoms with Crippen molar-refractivity contribution in [3.05, 3.63) is 29.3 Å². The van der Waals surface area contributed by atoms with Crippen molar-refractivity contribution >= 4 is 29.3 Å². The quantitative estimate of drug-likeness (QED) is 0.828. The molecule has 0 aliphatic carbocycles. The first-order valence-corrected chi connectivity index (χ1v) is 9.92. The number of fused-ring (bicyclic) bond motifs is 2. The fourth-order valence-corrected chi connectivity index (χ4v) is 5.84. The molecule has 0 saturated carbocycles. The monoisotopic (exact) mass is 344 g/mol. The van der Waals surface area contributed by atoms with Crippen molar-refractivity contribution in [2.24, 2.45) is 0 Å². The van der Waals surface area contributed by atoms with Crippen molar-refractivity contribution in [1.29, 1.82) is 0 Å². The van der Waals surface area contributed by atoms with Crippen LogP contribution in [0.3, 0.4) is 0 Å². The maximum Gasteiger partial charge on any atom is 0.250 e. The van der Waals surface area contributed by atoms with E-state index in [1.54, 1.807) is 11.8 Å². The number of anilines is 1. The van der Waals surface area contributed by atoms with Gasteiger partial charge in [0.1, 0.15) is 6.04 Å². The molecule has 0 spiro atoms. The smallest absolute Gasteiger partial charge is 0.250 e. The molecule has 128 valence electrons. The molecule has 3 heterocycles. The minimum atomic E-state index is -0.300. The van der Waals surface area contributed by atoms with Crippen LogP contribution >= 0.6 is 11.8 Å². The van der Waals surface area contributed by atoms with Crippen molar-refractivity contribution in [3.8, 4) is 0 Å². The molecule has 1 aromatic rings. The first-order chi connectivity index (χ1) is 11.5. The molecule has 2 fully saturated rings. The Morgan fingerprint density at radius 3 is 3.00 bits per heavy atom. The molecule has 24 heavy (non-hydrogen) atoms. The largest absolute Gasteiger partial charge is 0.315 e. The number of rotatable bonds is 2. The molecule has 3 aliphatic rings. The molecule has 0 radical (unpaired) electrons. The number of para-hydroxylation sites is 1. The van der Waals surface area contributed by atoms with Crippen LogP contribution in [-0.4, -0.2) is 39.9 Å². The Labute approximate surface area is 147 Å². The Bertz CT molecular complexity index is 690. The second-order valence-corrected chi connectivity index (χ2v) is 8.64. The van der Waals surface area contributed by atoms with Gasteiger partial charge in [0.2, 0.25) is 5.91 Å². The zero-order chi connectivity index (χ0) is 16.9. The summed E-state index contributed by atoms with van der Waals surface area (Å²) in [7, 11) is 0. The summed E-state index contributed by atoms with van der Waals surface area (Å²) >= 11 is 1.77. The molecule has 3 aliphatic heterocycles. The van der Waals surface area contributed by atoms with Gasteiger partial charge in [0.15, 0.2) is 0 Å². The fraction of sp³-hybridized carbons (Fsp3) is 0.579. The van der Waals surface area contributed by atoms with Crippen LogP contribution in [0.2, 0.25) is 0 Å². The lowest BCUT2D eigenvalue weighted by atomic mass is 9.96. The van der Waals surface area contributed by atoms with Gasteiger partial charge in [-0.25, -0.2) is 0 Å². The van der Waals surface area contributed by atoms with Crippen LogP contribution in [-0.2, 0) is 22.4 Å². The van der Waals surface area contributed by atoms with Gasteiger partial charge in [0, 0.05) is 18.7 Å². The van der Waals surface area contributed by atoms with Gasteiger partial charge in [0.25, 0.3) is 5.91 Å². The number of hydrogen-bond acceptors (Lipinski definition) is 3. The van der Waals surface area contributed by atoms with Gasteiger partial charge in [-0.2, -0.15) is 0 Å². The van der Waals surface area contributed by atoms with Crippen LogP contribution < -0.4 is 4.90 Å². The highest BCUT2D eigenvalue weighted by molar-refractivity contribution is 8.01. The van der Waals surface area contributed by atoms with E-state index in [0.29, 0.717) is 6.42 Å². The number of nitrogens with zero attached hydrogens (tertiary/aromatic N) is 2. The number of amides is 2. The normalized spacial score (nSPS) is 28.9. The number of benzene rings is 1. The first-order valence-electron chi connectivity index (χ1n) is 8.93. The van der Waals surface area contributed by atoms with E-state index in [0.717, 1.165) is 43.7 Å². The third-order valence-electron chi connectivity index (χ3n) is 5.68. The molecule has 0 aromatic heterocycles. The van der Waals surface area contributed by atoms with Gasteiger partial charge in [0.05, 0.1) is 10.6 Å². The van der Waals surface area contributed by atoms with Crippen molar-refractivity contribution < 1.29 is 9.59 Å². The predicted octanol–water partition coefficient (Wildman–Crippen LogP) is 2.98. The van der Waals surface area contributed by atoms with E-state index in [2.05, 4.69) is 32.0 Å². The van der Waals surface area contributed by atoms with Crippen molar-refractivity contribution in [2.75, 3.05) is 17.2 Å². The van der Waals surface area contributed by atoms with Gasteiger partial charge in [-0.15, -0.1) is 11.8 Å². The van der Waals surface area contributed by atoms with Crippen LogP contribution in [0, 0.1) is 0 Å². The highest BCUT2D eigenvalue weighted by Crippen LogP contribution is 2.48. The van der Waals surface area contributed by atoms with Crippen molar-refractivity contribution in [2.45, 2.75) is 56.9 Å². The van der Waals surface area contributed by atoms with E-state index in [1.807, 2.05) is 9.80 Å². The third-order valence-corrected chi connectivity index (χ3v) is 7.18. The first kappa shape index (κ1) is 16.0. The van der Waals surface area contributed by atoms with E-state index < -0.39 is 0 Å². The molecule has 0 N–H and O–H groups in total. The molecule has 2 atom stereocenters. The van der Waals surface area contributed by atoms with Crippen LogP contribution in [0.5, 0.6) is 0 Å². The average molecular weight is 344 g/mol. The summed E-state index contributed by atoms with van der Waals surface area (Å²) in [5.41, 5.74) is 3.62. The summed E-state index contributed by atoms with van der Waals surface area (Å²) in [6.45, 7) is 5.01. The van der Waals surface area contributed by atoms with E-state index in [1.165, 1.54) is 11.1 Å². The van der Waals surface area contributed by atoms with E-state index in [9.17, 15) is 9.59 Å². The van der Waals surface area contributed by atoms with Crippen LogP contribution in [0.1, 0.15) is 44.2 Å². The molecule has 1 aromatic carbocycles. The highest BCUT2D eigenvalue weighted by atomic mass is 32.2. The lowest BCUT2D eigenvalue weighted by molar-refractivity contribution is -0.136. The van der Waals surface area contributed by atoms with Crippen LogP contribution in [0.4, 0.5) is 5.69 Å². The number of hydrogen-bond donors (Lipinski definition) is 0. The molecule has 2 unspecified atom stereocenters. The average Bonchev–Trinajstić information content (AvgIpc) is 3.09. The molecule has 4 nitrogen and oxygen atoms in total. The minimum absolute atomic E-state index is 0.114. The SMILES string of the molecule is CCc1cccc2c1N(C(=O)C1CSC3(C)CCC(=O)N13)CCC2. The summed E-state index contributed by atoms with van der Waals surface area (Å²) < 4.78 is 0. The van der Waals surface area contributed by atoms with E-state index >= 15 is 0 Å². The topological polar surface area (TPSA) is 40.6 Å². The van der Waals surface area contributed by atoms with Gasteiger partial charge >= 0.3 is 0 Å². The van der Waals surface area contributed by atoms with Crippen LogP contribution in [0.25, 0.3) is 0 Å². The molecule has 2 saturated heterocycles. The lowest BCUT2D eigenvalue weighted by Crippen LogP contribution is -2.52. The number of carbonyl (C=O) groups excluding carboxylic acids is 2. The van der Waals surface area contributed by atoms with Gasteiger partial charge in [-0.05, 0) is 43.7 Å². The van der Waals surface area contributed by atoms with Crippen molar-refractivity contribution in [3.63, 3.8) is 0 Å². The Kier molecular flexibility index (Phi) is 3.87. The number of aryl methyl sites for hydroxylation is 2. The molecule has 5 heteroatoms. The van der Waals surface area contributed by atoms with Crippen LogP contribution in [0.15, 0.2) is 18.2 Å². The molecule has 0 bridgehead atoms. The van der Waals surface area contributed by atoms with Gasteiger partial charge in [-0.1, -0.05) is 25.1 Å². The molecular weight excluding hydrogens is 320 g/mol. The number of thioether (sulfide) groups is 1. The summed E-state index contributed by atoms with van der Waals surface area (Å²) in [6.07, 6.45) is 4.39. The van der Waals surface area contributed by atoms with Gasteiger partial charge < -0.3 is 9.80 Å². The Morgan fingerprint density at radius 1 is 1.38 bits per heavy atom. The van der Waals surface area contributed by atoms with E-state index in [4.69, 9.17) is 0 Å². The second-order valence-electron chi connectivity index (χ2n) is 7.14. The standard InChI is InChI=1S/C19H24N2O2S/c1-3-13-6-4-7-14-8-5-11-20(17(13)14)18(23)15-12-24-19(2)10-9-16(22)21(15)19/h4,6-7,15H,3,5,8-12H2,1-2H3. The summed E-state index contributed by atoms with van der Waals surface area (Å²) in [6, 6.07) is 6.06. The summed E-state index contributed by atoms with van der Waals surface area (Å²) in [4.78, 5) is 29.4. The Morgan fingerprint density at radius 2 is 2.21 bits per heavy atom. The maximum atomic E-state index is 13.4. The third kappa shape index (κ3) is 2.28. The lowest BCUT2D eigenvalue weighted by Gasteiger charge is -2.36. The molecule has 2 amide bonds. The Balaban J connectivity index is 1.69. The zero-order valence-corrected chi connectivity index (χ0v) is 15.2. The second kappa shape index (κ2) is 5.80. The van der Waals surface area contributed by atoms with E-state index in [-0.39, 0.29) is 22.7 Å². The summed E-state index contributed by atoms with van der Waals surface area (Å²) in [5.74, 6) is 0.978. The minimum Gasteiger partial charge on any atom is -0.315 e. The Hall–Kier alpha value is -1.49. The number of carbonyl (C=O) groups is 2. The zero-order valence-electron chi connectivity index (χ0n) is 14.4. The maximum absolute atomic E-state index is 13.4. The molecular formula is C19H24N2O2S. The fourth-order valence-electron chi connectivity index (χ4n) is 4.42. The highest BCUT2D eigenvalue weighted by Gasteiger charge is 2.53. The summed E-state index contributed by atoms with van der Waals surface area (Å²) in [5, 5.41) is 0.